The van der Waals surface area contributed by atoms with Gasteiger partial charge in [-0.25, -0.2) is 0 Å². The quantitative estimate of drug-likeness (QED) is 0.544. The van der Waals surface area contributed by atoms with Gasteiger partial charge in [0, 0.05) is 12.1 Å². The van der Waals surface area contributed by atoms with Crippen LogP contribution >= 0.6 is 23.5 Å². The molecule has 0 saturated carbocycles. The smallest absolute Gasteiger partial charge is 0.277 e. The number of para-hydroxylation sites is 1. The minimum absolute atomic E-state index is 0. The highest BCUT2D eigenvalue weighted by atomic mass is 35.5. The fraction of sp³-hybridized carbons (Fsp3) is 0.438. The largest absolute Gasteiger partial charge is 1.00 e. The minimum atomic E-state index is -0.0887. The van der Waals surface area contributed by atoms with Gasteiger partial charge in [0.25, 0.3) is 11.1 Å². The van der Waals surface area contributed by atoms with Crippen molar-refractivity contribution in [2.24, 2.45) is 0 Å². The standard InChI is InChI=1S/C16H22N4O2S2.ClH/c1-3-11-6-4-5-7-13(11)18-14(21)10-24-16-20-19-15(22-16)12(17)8-9-23-2;/h4-7,12H,3,8-10,17H2,1-2H3,(H,18,21);1H/t12-;/m1./s1. The molecule has 0 spiro atoms. The van der Waals surface area contributed by atoms with Crippen LogP contribution in [0.2, 0.25) is 0 Å². The van der Waals surface area contributed by atoms with Gasteiger partial charge in [0.2, 0.25) is 5.91 Å². The zero-order valence-corrected chi connectivity index (χ0v) is 16.7. The van der Waals surface area contributed by atoms with Crippen molar-refractivity contribution in [1.82, 2.24) is 10.2 Å². The van der Waals surface area contributed by atoms with Crippen LogP contribution in [0.25, 0.3) is 0 Å². The van der Waals surface area contributed by atoms with Gasteiger partial charge >= 0.3 is 0 Å². The molecule has 0 fully saturated rings. The first kappa shape index (κ1) is 21.8. The van der Waals surface area contributed by atoms with Gasteiger partial charge < -0.3 is 27.9 Å². The number of nitrogens with one attached hydrogen (secondary N) is 1. The molecule has 1 atom stereocenters. The van der Waals surface area contributed by atoms with Crippen LogP contribution in [0.4, 0.5) is 5.69 Å². The third kappa shape index (κ3) is 6.89. The maximum absolute atomic E-state index is 12.1. The van der Waals surface area contributed by atoms with Crippen molar-refractivity contribution in [2.45, 2.75) is 31.0 Å². The van der Waals surface area contributed by atoms with Gasteiger partial charge in [-0.05, 0) is 30.1 Å². The summed E-state index contributed by atoms with van der Waals surface area (Å²) in [6.07, 6.45) is 3.82. The molecule has 25 heavy (non-hydrogen) atoms. The maximum Gasteiger partial charge on any atom is 0.277 e. The number of benzene rings is 1. The van der Waals surface area contributed by atoms with E-state index >= 15 is 0 Å². The molecule has 0 saturated heterocycles. The van der Waals surface area contributed by atoms with Gasteiger partial charge in [0.05, 0.1) is 5.75 Å². The van der Waals surface area contributed by atoms with E-state index in [4.69, 9.17) is 4.42 Å². The molecule has 0 aliphatic carbocycles. The number of aromatic nitrogens is 2. The Bertz CT molecular complexity index is 669. The van der Waals surface area contributed by atoms with E-state index in [0.717, 1.165) is 29.8 Å². The summed E-state index contributed by atoms with van der Waals surface area (Å²) in [5, 5.41) is 11.3. The van der Waals surface area contributed by atoms with Crippen molar-refractivity contribution in [3.63, 3.8) is 0 Å². The van der Waals surface area contributed by atoms with Crippen LogP contribution in [0.15, 0.2) is 33.9 Å². The summed E-state index contributed by atoms with van der Waals surface area (Å²) in [6, 6.07) is 7.79. The first-order chi connectivity index (χ1) is 11.6. The number of quaternary nitrogens is 1. The molecule has 9 heteroatoms. The average molecular weight is 403 g/mol. The molecule has 4 N–H and O–H groups in total. The maximum atomic E-state index is 12.1. The predicted molar refractivity (Wildman–Crippen MR) is 98.1 cm³/mol. The van der Waals surface area contributed by atoms with E-state index in [1.54, 1.807) is 11.8 Å². The van der Waals surface area contributed by atoms with Crippen LogP contribution in [-0.2, 0) is 11.2 Å². The van der Waals surface area contributed by atoms with Crippen LogP contribution in [0.3, 0.4) is 0 Å². The lowest BCUT2D eigenvalue weighted by atomic mass is 10.1. The number of nitrogens with zero attached hydrogens (tertiary/aromatic N) is 2. The van der Waals surface area contributed by atoms with E-state index in [-0.39, 0.29) is 30.1 Å². The molecule has 1 aromatic heterocycles. The average Bonchev–Trinajstić information content (AvgIpc) is 3.07. The molecule has 0 bridgehead atoms. The number of carbonyl (C=O) groups is 1. The molecule has 2 rings (SSSR count). The number of halogens is 1. The number of hydrogen-bond donors (Lipinski definition) is 2. The van der Waals surface area contributed by atoms with Crippen LogP contribution in [0.1, 0.15) is 30.8 Å². The van der Waals surface area contributed by atoms with Gasteiger partial charge in [0.1, 0.15) is 0 Å². The van der Waals surface area contributed by atoms with Gasteiger partial charge in [0.15, 0.2) is 6.04 Å². The third-order valence-electron chi connectivity index (χ3n) is 3.44. The topological polar surface area (TPSA) is 95.7 Å². The fourth-order valence-corrected chi connectivity index (χ4v) is 3.18. The van der Waals surface area contributed by atoms with Gasteiger partial charge in [-0.15, -0.1) is 10.2 Å². The first-order valence-electron chi connectivity index (χ1n) is 7.80. The van der Waals surface area contributed by atoms with Crippen molar-refractivity contribution in [3.8, 4) is 0 Å². The third-order valence-corrected chi connectivity index (χ3v) is 4.90. The Hall–Kier alpha value is -1.22. The summed E-state index contributed by atoms with van der Waals surface area (Å²) in [5.41, 5.74) is 6.00. The first-order valence-corrected chi connectivity index (χ1v) is 10.2. The molecule has 0 aliphatic heterocycles. The normalized spacial score (nSPS) is 11.6. The second-order valence-electron chi connectivity index (χ2n) is 5.23. The van der Waals surface area contributed by atoms with E-state index in [0.29, 0.717) is 11.1 Å². The van der Waals surface area contributed by atoms with Crippen molar-refractivity contribution >= 4 is 35.1 Å². The summed E-state index contributed by atoms with van der Waals surface area (Å²) in [7, 11) is 0. The van der Waals surface area contributed by atoms with E-state index in [1.165, 1.54) is 11.8 Å². The molecule has 0 aliphatic rings. The van der Waals surface area contributed by atoms with Crippen LogP contribution < -0.4 is 23.5 Å². The molecular formula is C16H23ClN4O2S2. The Balaban J connectivity index is 0.00000312. The predicted octanol–water partition coefficient (Wildman–Crippen LogP) is -0.597. The Labute approximate surface area is 162 Å². The Morgan fingerprint density at radius 1 is 1.36 bits per heavy atom. The molecule has 1 heterocycles. The minimum Gasteiger partial charge on any atom is -1.00 e. The van der Waals surface area contributed by atoms with E-state index in [2.05, 4.69) is 34.4 Å². The van der Waals surface area contributed by atoms with Gasteiger partial charge in [-0.2, -0.15) is 11.8 Å². The lowest BCUT2D eigenvalue weighted by molar-refractivity contribution is -0.432. The highest BCUT2D eigenvalue weighted by Crippen LogP contribution is 2.21. The van der Waals surface area contributed by atoms with Crippen molar-refractivity contribution < 1.29 is 27.4 Å². The van der Waals surface area contributed by atoms with Crippen molar-refractivity contribution in [3.05, 3.63) is 35.7 Å². The van der Waals surface area contributed by atoms with Crippen molar-refractivity contribution in [2.75, 3.05) is 23.1 Å². The number of rotatable bonds is 9. The molecule has 2 aromatic rings. The summed E-state index contributed by atoms with van der Waals surface area (Å²) >= 11 is 3.00. The molecule has 1 amide bonds. The number of aryl methyl sites for hydroxylation is 1. The molecule has 138 valence electrons. The van der Waals surface area contributed by atoms with E-state index < -0.39 is 0 Å². The number of hydrogen-bond acceptors (Lipinski definition) is 6. The lowest BCUT2D eigenvalue weighted by Crippen LogP contribution is -3.00. The Morgan fingerprint density at radius 3 is 2.84 bits per heavy atom. The van der Waals surface area contributed by atoms with E-state index in [1.807, 2.05) is 24.3 Å². The Kier molecular flexibility index (Phi) is 9.96. The molecular weight excluding hydrogens is 380 g/mol. The summed E-state index contributed by atoms with van der Waals surface area (Å²) in [5.74, 6) is 1.67. The number of carbonyl (C=O) groups excluding carboxylic acids is 1. The second kappa shape index (κ2) is 11.4. The zero-order chi connectivity index (χ0) is 17.4. The fourth-order valence-electron chi connectivity index (χ4n) is 2.09. The molecule has 1 aromatic carbocycles. The molecule has 0 unspecified atom stereocenters. The summed E-state index contributed by atoms with van der Waals surface area (Å²) < 4.78 is 5.58. The summed E-state index contributed by atoms with van der Waals surface area (Å²) in [4.78, 5) is 12.1. The lowest BCUT2D eigenvalue weighted by Gasteiger charge is -2.08. The Morgan fingerprint density at radius 2 is 2.12 bits per heavy atom. The highest BCUT2D eigenvalue weighted by molar-refractivity contribution is 7.99. The zero-order valence-electron chi connectivity index (χ0n) is 14.3. The summed E-state index contributed by atoms with van der Waals surface area (Å²) in [6.45, 7) is 2.06. The highest BCUT2D eigenvalue weighted by Gasteiger charge is 2.18. The van der Waals surface area contributed by atoms with Crippen LogP contribution in [0.5, 0.6) is 0 Å². The van der Waals surface area contributed by atoms with Crippen molar-refractivity contribution in [1.29, 1.82) is 0 Å². The van der Waals surface area contributed by atoms with Gasteiger partial charge in [-0.1, -0.05) is 36.9 Å². The van der Waals surface area contributed by atoms with E-state index in [9.17, 15) is 4.79 Å². The SMILES string of the molecule is CCc1ccccc1NC(=O)CSc1nnc([C@H]([NH3+])CCSC)o1.[Cl-]. The number of anilines is 1. The van der Waals surface area contributed by atoms with Gasteiger partial charge in [-0.3, -0.25) is 4.79 Å². The number of thioether (sulfide) groups is 2. The second-order valence-corrected chi connectivity index (χ2v) is 7.14. The van der Waals surface area contributed by atoms with Crippen LogP contribution in [0, 0.1) is 0 Å². The number of amides is 1. The monoisotopic (exact) mass is 402 g/mol. The molecule has 6 nitrogen and oxygen atoms in total. The van der Waals surface area contributed by atoms with Crippen LogP contribution in [-0.4, -0.2) is 33.9 Å². The molecule has 0 radical (unpaired) electrons.